The second kappa shape index (κ2) is 8.75. The van der Waals surface area contributed by atoms with E-state index in [1.54, 1.807) is 35.4 Å². The van der Waals surface area contributed by atoms with Crippen LogP contribution in [0.4, 0.5) is 20.4 Å². The van der Waals surface area contributed by atoms with Crippen LogP contribution in [0.25, 0.3) is 0 Å². The van der Waals surface area contributed by atoms with Gasteiger partial charge in [-0.3, -0.25) is 4.79 Å². The average Bonchev–Trinajstić information content (AvgIpc) is 2.77. The summed E-state index contributed by atoms with van der Waals surface area (Å²) >= 11 is 5.82. The Balaban J connectivity index is 1.50. The van der Waals surface area contributed by atoms with Crippen molar-refractivity contribution in [2.45, 2.75) is 18.8 Å². The van der Waals surface area contributed by atoms with E-state index >= 15 is 0 Å². The van der Waals surface area contributed by atoms with Gasteiger partial charge >= 0.3 is 0 Å². The van der Waals surface area contributed by atoms with Gasteiger partial charge in [-0.15, -0.1) is 0 Å². The van der Waals surface area contributed by atoms with Gasteiger partial charge in [0.25, 0.3) is 5.91 Å². The minimum Gasteiger partial charge on any atom is -0.338 e. The number of benzene rings is 2. The smallest absolute Gasteiger partial charge is 0.253 e. The molecule has 0 aliphatic carbocycles. The summed E-state index contributed by atoms with van der Waals surface area (Å²) in [5.74, 6) is -0.825. The SMILES string of the molecule is O=C(c1ccc(F)c(Cl)c1)N1CCCC(c2ccnc(Nc3ccccc3F)n2)C1. The summed E-state index contributed by atoms with van der Waals surface area (Å²) in [6.07, 6.45) is 3.29. The van der Waals surface area contributed by atoms with Crippen LogP contribution in [0.3, 0.4) is 0 Å². The molecule has 2 aromatic carbocycles. The van der Waals surface area contributed by atoms with Crippen molar-refractivity contribution in [3.05, 3.63) is 82.6 Å². The fraction of sp³-hybridized carbons (Fsp3) is 0.227. The topological polar surface area (TPSA) is 58.1 Å². The third kappa shape index (κ3) is 4.41. The zero-order valence-corrected chi connectivity index (χ0v) is 16.7. The van der Waals surface area contributed by atoms with E-state index < -0.39 is 5.82 Å². The molecular formula is C22H19ClF2N4O. The number of hydrogen-bond acceptors (Lipinski definition) is 4. The number of rotatable bonds is 4. The maximum absolute atomic E-state index is 13.9. The van der Waals surface area contributed by atoms with E-state index in [1.807, 2.05) is 0 Å². The Morgan fingerprint density at radius 1 is 1.13 bits per heavy atom. The van der Waals surface area contributed by atoms with E-state index in [-0.39, 0.29) is 22.7 Å². The molecule has 4 rings (SSSR count). The van der Waals surface area contributed by atoms with Gasteiger partial charge in [0.15, 0.2) is 0 Å². The van der Waals surface area contributed by atoms with Crippen LogP contribution < -0.4 is 5.32 Å². The lowest BCUT2D eigenvalue weighted by Gasteiger charge is -2.32. The molecule has 1 amide bonds. The molecule has 3 aromatic rings. The van der Waals surface area contributed by atoms with Crippen LogP contribution in [-0.2, 0) is 0 Å². The van der Waals surface area contributed by atoms with E-state index in [0.717, 1.165) is 18.5 Å². The maximum atomic E-state index is 13.9. The molecule has 0 saturated carbocycles. The van der Waals surface area contributed by atoms with Crippen LogP contribution in [0.1, 0.15) is 34.8 Å². The second-order valence-electron chi connectivity index (χ2n) is 7.13. The first-order valence-electron chi connectivity index (χ1n) is 9.60. The molecule has 1 aliphatic rings. The first-order chi connectivity index (χ1) is 14.5. The molecule has 0 radical (unpaired) electrons. The Kier molecular flexibility index (Phi) is 5.90. The fourth-order valence-corrected chi connectivity index (χ4v) is 3.74. The number of nitrogens with zero attached hydrogens (tertiary/aromatic N) is 3. The largest absolute Gasteiger partial charge is 0.338 e. The second-order valence-corrected chi connectivity index (χ2v) is 7.54. The molecule has 1 aliphatic heterocycles. The third-order valence-corrected chi connectivity index (χ3v) is 5.38. The Hall–Kier alpha value is -3.06. The number of carbonyl (C=O) groups is 1. The number of hydrogen-bond donors (Lipinski definition) is 1. The number of nitrogens with one attached hydrogen (secondary N) is 1. The average molecular weight is 429 g/mol. The van der Waals surface area contributed by atoms with Crippen molar-refractivity contribution in [1.82, 2.24) is 14.9 Å². The normalized spacial score (nSPS) is 16.4. The van der Waals surface area contributed by atoms with E-state index in [0.29, 0.717) is 30.3 Å². The zero-order valence-electron chi connectivity index (χ0n) is 16.0. The molecule has 1 N–H and O–H groups in total. The fourth-order valence-electron chi connectivity index (χ4n) is 3.56. The molecule has 2 heterocycles. The number of likely N-dealkylation sites (tertiary alicyclic amines) is 1. The van der Waals surface area contributed by atoms with Crippen LogP contribution in [0, 0.1) is 11.6 Å². The van der Waals surface area contributed by atoms with E-state index in [1.165, 1.54) is 24.3 Å². The highest BCUT2D eigenvalue weighted by Gasteiger charge is 2.27. The lowest BCUT2D eigenvalue weighted by atomic mass is 9.94. The highest BCUT2D eigenvalue weighted by atomic mass is 35.5. The van der Waals surface area contributed by atoms with Gasteiger partial charge in [0.05, 0.1) is 16.4 Å². The van der Waals surface area contributed by atoms with Gasteiger partial charge in [-0.1, -0.05) is 23.7 Å². The van der Waals surface area contributed by atoms with Crippen LogP contribution in [0.15, 0.2) is 54.7 Å². The van der Waals surface area contributed by atoms with E-state index in [4.69, 9.17) is 11.6 Å². The molecule has 0 bridgehead atoms. The number of aromatic nitrogens is 2. The minimum absolute atomic E-state index is 0.0165. The molecule has 1 aromatic heterocycles. The number of anilines is 2. The van der Waals surface area contributed by atoms with E-state index in [2.05, 4.69) is 15.3 Å². The summed E-state index contributed by atoms with van der Waals surface area (Å²) in [6, 6.07) is 12.1. The van der Waals surface area contributed by atoms with Crippen molar-refractivity contribution in [3.63, 3.8) is 0 Å². The molecule has 5 nitrogen and oxygen atoms in total. The molecule has 0 spiro atoms. The van der Waals surface area contributed by atoms with Crippen molar-refractivity contribution in [2.24, 2.45) is 0 Å². The summed E-state index contributed by atoms with van der Waals surface area (Å²) in [4.78, 5) is 23.3. The number of halogens is 3. The molecule has 1 unspecified atom stereocenters. The van der Waals surface area contributed by atoms with Crippen LogP contribution >= 0.6 is 11.6 Å². The van der Waals surface area contributed by atoms with Gasteiger partial charge < -0.3 is 10.2 Å². The lowest BCUT2D eigenvalue weighted by molar-refractivity contribution is 0.0706. The van der Waals surface area contributed by atoms with Crippen molar-refractivity contribution in [3.8, 4) is 0 Å². The van der Waals surface area contributed by atoms with Crippen molar-refractivity contribution < 1.29 is 13.6 Å². The molecule has 8 heteroatoms. The first-order valence-corrected chi connectivity index (χ1v) is 9.98. The quantitative estimate of drug-likeness (QED) is 0.622. The predicted molar refractivity (Wildman–Crippen MR) is 111 cm³/mol. The summed E-state index contributed by atoms with van der Waals surface area (Å²) in [5, 5.41) is 2.82. The molecule has 30 heavy (non-hydrogen) atoms. The van der Waals surface area contributed by atoms with E-state index in [9.17, 15) is 13.6 Å². The standard InChI is InChI=1S/C22H19ClF2N4O/c23-16-12-14(7-8-17(16)24)21(30)29-11-3-4-15(13-29)19-9-10-26-22(27-19)28-20-6-2-1-5-18(20)25/h1-2,5-10,12,15H,3-4,11,13H2,(H,26,27,28). The lowest BCUT2D eigenvalue weighted by Crippen LogP contribution is -2.39. The summed E-state index contributed by atoms with van der Waals surface area (Å²) in [7, 11) is 0. The molecule has 154 valence electrons. The van der Waals surface area contributed by atoms with Crippen molar-refractivity contribution in [1.29, 1.82) is 0 Å². The Morgan fingerprint density at radius 3 is 2.77 bits per heavy atom. The van der Waals surface area contributed by atoms with Crippen LogP contribution in [0.5, 0.6) is 0 Å². The summed E-state index contributed by atoms with van der Waals surface area (Å²) < 4.78 is 27.3. The number of para-hydroxylation sites is 1. The maximum Gasteiger partial charge on any atom is 0.253 e. The van der Waals surface area contributed by atoms with Crippen LogP contribution in [0.2, 0.25) is 5.02 Å². The zero-order chi connectivity index (χ0) is 21.1. The van der Waals surface area contributed by atoms with Gasteiger partial charge in [0.2, 0.25) is 5.95 Å². The third-order valence-electron chi connectivity index (χ3n) is 5.09. The first kappa shape index (κ1) is 20.2. The van der Waals surface area contributed by atoms with Gasteiger partial charge in [-0.25, -0.2) is 18.7 Å². The van der Waals surface area contributed by atoms with Gasteiger partial charge in [-0.2, -0.15) is 0 Å². The molecule has 1 atom stereocenters. The Bertz CT molecular complexity index is 1080. The Morgan fingerprint density at radius 2 is 1.97 bits per heavy atom. The molecule has 1 fully saturated rings. The van der Waals surface area contributed by atoms with Crippen molar-refractivity contribution >= 4 is 29.1 Å². The van der Waals surface area contributed by atoms with Crippen LogP contribution in [-0.4, -0.2) is 33.9 Å². The van der Waals surface area contributed by atoms with Gasteiger partial charge in [0, 0.05) is 30.8 Å². The number of amides is 1. The monoisotopic (exact) mass is 428 g/mol. The molecule has 1 saturated heterocycles. The van der Waals surface area contributed by atoms with Gasteiger partial charge in [0.1, 0.15) is 11.6 Å². The highest BCUT2D eigenvalue weighted by molar-refractivity contribution is 6.31. The Labute approximate surface area is 177 Å². The predicted octanol–water partition coefficient (Wildman–Crippen LogP) is 5.17. The highest BCUT2D eigenvalue weighted by Crippen LogP contribution is 2.28. The number of piperidine rings is 1. The summed E-state index contributed by atoms with van der Waals surface area (Å²) in [5.41, 5.74) is 1.42. The summed E-state index contributed by atoms with van der Waals surface area (Å²) in [6.45, 7) is 1.08. The van der Waals surface area contributed by atoms with Crippen molar-refractivity contribution in [2.75, 3.05) is 18.4 Å². The van der Waals surface area contributed by atoms with Gasteiger partial charge in [-0.05, 0) is 49.2 Å². The minimum atomic E-state index is -0.555. The molecular weight excluding hydrogens is 410 g/mol. The number of carbonyl (C=O) groups excluding carboxylic acids is 1.